The molecule has 1 rings (SSSR count). The van der Waals surface area contributed by atoms with Crippen LogP contribution in [0.5, 0.6) is 0 Å². The molecule has 1 unspecified atom stereocenters. The zero-order chi connectivity index (χ0) is 9.68. The van der Waals surface area contributed by atoms with Gasteiger partial charge in [-0.15, -0.1) is 0 Å². The van der Waals surface area contributed by atoms with Gasteiger partial charge in [-0.05, 0) is 19.8 Å². The molecule has 0 bridgehead atoms. The van der Waals surface area contributed by atoms with E-state index in [1.54, 1.807) is 6.20 Å². The highest BCUT2D eigenvalue weighted by Gasteiger charge is 2.03. The van der Waals surface area contributed by atoms with E-state index in [1.807, 2.05) is 0 Å². The van der Waals surface area contributed by atoms with Gasteiger partial charge in [0, 0.05) is 12.6 Å². The third kappa shape index (κ3) is 3.61. The van der Waals surface area contributed by atoms with E-state index in [4.69, 9.17) is 10.8 Å². The van der Waals surface area contributed by atoms with Crippen LogP contribution in [-0.4, -0.2) is 22.7 Å². The summed E-state index contributed by atoms with van der Waals surface area (Å²) >= 11 is 1.44. The summed E-state index contributed by atoms with van der Waals surface area (Å²) in [5.41, 5.74) is 5.53. The number of nitrogens with zero attached hydrogens (tertiary/aromatic N) is 1. The van der Waals surface area contributed by atoms with E-state index in [1.165, 1.54) is 11.3 Å². The number of nitrogen functional groups attached to an aromatic ring is 1. The maximum Gasteiger partial charge on any atom is 0.184 e. The molecule has 13 heavy (non-hydrogen) atoms. The Balaban J connectivity index is 2.31. The lowest BCUT2D eigenvalue weighted by Gasteiger charge is -2.11. The molecule has 0 amide bonds. The van der Waals surface area contributed by atoms with E-state index in [9.17, 15) is 0 Å². The molecule has 0 spiro atoms. The fourth-order valence-electron chi connectivity index (χ4n) is 1.03. The number of anilines is 2. The van der Waals surface area contributed by atoms with Gasteiger partial charge >= 0.3 is 0 Å². The number of hydrogen-bond donors (Lipinski definition) is 3. The Hall–Kier alpha value is -0.810. The molecule has 0 fully saturated rings. The molecule has 1 atom stereocenters. The number of aliphatic hydroxyl groups is 1. The highest BCUT2D eigenvalue weighted by molar-refractivity contribution is 7.19. The van der Waals surface area contributed by atoms with Crippen molar-refractivity contribution in [3.05, 3.63) is 6.20 Å². The molecule has 1 aromatic rings. The first-order valence-electron chi connectivity index (χ1n) is 4.31. The first-order valence-corrected chi connectivity index (χ1v) is 5.12. The summed E-state index contributed by atoms with van der Waals surface area (Å²) in [7, 11) is 0. The van der Waals surface area contributed by atoms with Crippen LogP contribution in [0.25, 0.3) is 0 Å². The molecule has 0 aromatic carbocycles. The predicted octanol–water partition coefficient (Wildman–Crippen LogP) is 1.30. The van der Waals surface area contributed by atoms with Gasteiger partial charge in [0.15, 0.2) is 5.13 Å². The minimum absolute atomic E-state index is 0.242. The Kier molecular flexibility index (Phi) is 3.98. The van der Waals surface area contributed by atoms with Crippen LogP contribution in [0.4, 0.5) is 10.1 Å². The van der Waals surface area contributed by atoms with Gasteiger partial charge in [0.05, 0.1) is 6.20 Å². The van der Waals surface area contributed by atoms with Crippen LogP contribution in [0.3, 0.4) is 0 Å². The Morgan fingerprint density at radius 2 is 2.54 bits per heavy atom. The van der Waals surface area contributed by atoms with Crippen LogP contribution in [0.2, 0.25) is 0 Å². The average molecular weight is 201 g/mol. The van der Waals surface area contributed by atoms with E-state index in [2.05, 4.69) is 17.2 Å². The zero-order valence-electron chi connectivity index (χ0n) is 7.66. The molecule has 1 aromatic heterocycles. The van der Waals surface area contributed by atoms with E-state index >= 15 is 0 Å². The first kappa shape index (κ1) is 10.3. The Labute approximate surface area is 81.8 Å². The summed E-state index contributed by atoms with van der Waals surface area (Å²) in [6, 6.07) is 0.331. The van der Waals surface area contributed by atoms with Crippen molar-refractivity contribution in [3.63, 3.8) is 0 Å². The van der Waals surface area contributed by atoms with E-state index < -0.39 is 0 Å². The smallest absolute Gasteiger partial charge is 0.184 e. The van der Waals surface area contributed by atoms with Crippen molar-refractivity contribution in [2.45, 2.75) is 25.8 Å². The second kappa shape index (κ2) is 5.04. The number of aromatic nitrogens is 1. The highest BCUT2D eigenvalue weighted by Crippen LogP contribution is 2.20. The number of rotatable bonds is 5. The Morgan fingerprint density at radius 3 is 3.08 bits per heavy atom. The van der Waals surface area contributed by atoms with Gasteiger partial charge < -0.3 is 16.2 Å². The molecule has 0 radical (unpaired) electrons. The summed E-state index contributed by atoms with van der Waals surface area (Å²) in [6.07, 6.45) is 3.40. The molecule has 0 aliphatic rings. The van der Waals surface area contributed by atoms with Crippen molar-refractivity contribution in [2.24, 2.45) is 0 Å². The third-order valence-electron chi connectivity index (χ3n) is 1.69. The van der Waals surface area contributed by atoms with Crippen molar-refractivity contribution in [3.8, 4) is 0 Å². The molecular formula is C8H15N3OS. The van der Waals surface area contributed by atoms with Crippen molar-refractivity contribution < 1.29 is 5.11 Å². The van der Waals surface area contributed by atoms with Crippen LogP contribution < -0.4 is 11.1 Å². The van der Waals surface area contributed by atoms with Gasteiger partial charge in [0.25, 0.3) is 0 Å². The van der Waals surface area contributed by atoms with Crippen LogP contribution in [0, 0.1) is 0 Å². The second-order valence-corrected chi connectivity index (χ2v) is 4.04. The summed E-state index contributed by atoms with van der Waals surface area (Å²) in [5.74, 6) is 0. The Bertz CT molecular complexity index is 251. The lowest BCUT2D eigenvalue weighted by molar-refractivity contribution is 0.282. The molecule has 4 N–H and O–H groups in total. The SMILES string of the molecule is CC(CCCO)Nc1ncc(N)s1. The molecule has 0 saturated carbocycles. The number of hydrogen-bond acceptors (Lipinski definition) is 5. The summed E-state index contributed by atoms with van der Waals surface area (Å²) in [6.45, 7) is 2.30. The van der Waals surface area contributed by atoms with Gasteiger partial charge in [-0.1, -0.05) is 11.3 Å². The Morgan fingerprint density at radius 1 is 1.77 bits per heavy atom. The lowest BCUT2D eigenvalue weighted by atomic mass is 10.2. The third-order valence-corrected chi connectivity index (χ3v) is 2.45. The molecule has 0 saturated heterocycles. The molecule has 0 aliphatic carbocycles. The minimum Gasteiger partial charge on any atom is -0.396 e. The fraction of sp³-hybridized carbons (Fsp3) is 0.625. The van der Waals surface area contributed by atoms with Gasteiger partial charge in [0.1, 0.15) is 5.00 Å². The van der Waals surface area contributed by atoms with E-state index in [0.29, 0.717) is 6.04 Å². The van der Waals surface area contributed by atoms with Crippen LogP contribution in [-0.2, 0) is 0 Å². The fourth-order valence-corrected chi connectivity index (χ4v) is 1.73. The van der Waals surface area contributed by atoms with Crippen molar-refractivity contribution in [1.82, 2.24) is 4.98 Å². The molecule has 74 valence electrons. The first-order chi connectivity index (χ1) is 6.22. The maximum absolute atomic E-state index is 8.62. The highest BCUT2D eigenvalue weighted by atomic mass is 32.1. The zero-order valence-corrected chi connectivity index (χ0v) is 8.47. The molecule has 4 nitrogen and oxygen atoms in total. The van der Waals surface area contributed by atoms with Crippen molar-refractivity contribution >= 4 is 21.5 Å². The average Bonchev–Trinajstić information content (AvgIpc) is 2.48. The number of thiazole rings is 1. The van der Waals surface area contributed by atoms with Crippen LogP contribution in [0.15, 0.2) is 6.20 Å². The quantitative estimate of drug-likeness (QED) is 0.671. The van der Waals surface area contributed by atoms with E-state index in [-0.39, 0.29) is 6.61 Å². The minimum atomic E-state index is 0.242. The van der Waals surface area contributed by atoms with Crippen molar-refractivity contribution in [1.29, 1.82) is 0 Å². The number of aliphatic hydroxyl groups excluding tert-OH is 1. The molecule has 0 aliphatic heterocycles. The monoisotopic (exact) mass is 201 g/mol. The summed E-state index contributed by atoms with van der Waals surface area (Å²) in [4.78, 5) is 4.08. The maximum atomic E-state index is 8.62. The van der Waals surface area contributed by atoms with E-state index in [0.717, 1.165) is 23.0 Å². The normalized spacial score (nSPS) is 12.8. The summed E-state index contributed by atoms with van der Waals surface area (Å²) < 4.78 is 0. The van der Waals surface area contributed by atoms with Crippen LogP contribution >= 0.6 is 11.3 Å². The van der Waals surface area contributed by atoms with Gasteiger partial charge in [0.2, 0.25) is 0 Å². The lowest BCUT2D eigenvalue weighted by Crippen LogP contribution is -2.15. The van der Waals surface area contributed by atoms with Gasteiger partial charge in [-0.3, -0.25) is 0 Å². The molecule has 5 heteroatoms. The number of nitrogens with one attached hydrogen (secondary N) is 1. The predicted molar refractivity (Wildman–Crippen MR) is 55.9 cm³/mol. The topological polar surface area (TPSA) is 71.2 Å². The largest absolute Gasteiger partial charge is 0.396 e. The van der Waals surface area contributed by atoms with Gasteiger partial charge in [-0.25, -0.2) is 4.98 Å². The van der Waals surface area contributed by atoms with Crippen LogP contribution in [0.1, 0.15) is 19.8 Å². The molecule has 1 heterocycles. The van der Waals surface area contributed by atoms with Gasteiger partial charge in [-0.2, -0.15) is 0 Å². The second-order valence-electron chi connectivity index (χ2n) is 2.98. The standard InChI is InChI=1S/C8H15N3OS/c1-6(3-2-4-12)11-8-10-5-7(9)13-8/h5-6,12H,2-4,9H2,1H3,(H,10,11). The van der Waals surface area contributed by atoms with Crippen molar-refractivity contribution in [2.75, 3.05) is 17.7 Å². The molecular weight excluding hydrogens is 186 g/mol. The summed E-state index contributed by atoms with van der Waals surface area (Å²) in [5, 5.41) is 13.4. The number of nitrogens with two attached hydrogens (primary N) is 1.